The van der Waals surface area contributed by atoms with Crippen molar-refractivity contribution in [2.24, 2.45) is 0 Å². The maximum Gasteiger partial charge on any atom is -0.00199 e. The van der Waals surface area contributed by atoms with E-state index in [-0.39, 0.29) is 0 Å². The summed E-state index contributed by atoms with van der Waals surface area (Å²) in [6.07, 6.45) is 0. The fourth-order valence-electron chi connectivity index (χ4n) is 9.70. The molecule has 0 heteroatoms. The molecule has 0 radical (unpaired) electrons. The Morgan fingerprint density at radius 2 is 0.500 bits per heavy atom. The largest absolute Gasteiger partial charge is 0.0622 e. The summed E-state index contributed by atoms with van der Waals surface area (Å²) in [7, 11) is 0. The molecular weight excluding hydrogens is 745 g/mol. The molecule has 0 N–H and O–H groups in total. The normalized spacial score (nSPS) is 11.5. The van der Waals surface area contributed by atoms with Crippen molar-refractivity contribution in [3.8, 4) is 66.8 Å². The third kappa shape index (κ3) is 6.24. The lowest BCUT2D eigenvalue weighted by Crippen LogP contribution is -1.94. The predicted octanol–water partition coefficient (Wildman–Crippen LogP) is 17.5. The number of hydrogen-bond donors (Lipinski definition) is 0. The SMILES string of the molecule is c1ccc(-c2ccc(-c3ccc4c(c3)c(-c3ccc5ccccc5c3)c(-c3ccc5ccccc5c3)c3cc(-c5cc6ccccc6cc5-c5ccccc5)ccc34)cc2)cc1. The van der Waals surface area contributed by atoms with Crippen molar-refractivity contribution < 1.29 is 0 Å². The zero-order valence-electron chi connectivity index (χ0n) is 34.1. The van der Waals surface area contributed by atoms with Gasteiger partial charge in [-0.1, -0.05) is 206 Å². The van der Waals surface area contributed by atoms with Gasteiger partial charge in [-0.25, -0.2) is 0 Å². The fraction of sp³-hybridized carbons (Fsp3) is 0. The van der Waals surface area contributed by atoms with Gasteiger partial charge >= 0.3 is 0 Å². The van der Waals surface area contributed by atoms with Gasteiger partial charge in [0.1, 0.15) is 0 Å². The minimum atomic E-state index is 1.20. The first-order valence-corrected chi connectivity index (χ1v) is 21.5. The van der Waals surface area contributed by atoms with E-state index >= 15 is 0 Å². The molecule has 12 aromatic rings. The summed E-state index contributed by atoms with van der Waals surface area (Å²) in [6, 6.07) is 89.7. The minimum absolute atomic E-state index is 1.20. The minimum Gasteiger partial charge on any atom is -0.0622 e. The van der Waals surface area contributed by atoms with Crippen molar-refractivity contribution >= 4 is 53.9 Å². The molecule has 0 unspecified atom stereocenters. The second kappa shape index (κ2) is 14.9. The zero-order chi connectivity index (χ0) is 41.0. The predicted molar refractivity (Wildman–Crippen MR) is 267 cm³/mol. The monoisotopic (exact) mass is 784 g/mol. The summed E-state index contributed by atoms with van der Waals surface area (Å²) in [5, 5.41) is 12.4. The molecule has 0 spiro atoms. The van der Waals surface area contributed by atoms with Gasteiger partial charge in [0.25, 0.3) is 0 Å². The Bertz CT molecular complexity index is 3650. The van der Waals surface area contributed by atoms with Crippen LogP contribution in [0.1, 0.15) is 0 Å². The number of hydrogen-bond acceptors (Lipinski definition) is 0. The Labute approximate surface area is 361 Å². The van der Waals surface area contributed by atoms with Gasteiger partial charge in [0.15, 0.2) is 0 Å². The highest BCUT2D eigenvalue weighted by molar-refractivity contribution is 6.23. The third-order valence-corrected chi connectivity index (χ3v) is 12.8. The molecule has 0 saturated heterocycles. The first-order chi connectivity index (χ1) is 30.7. The quantitative estimate of drug-likeness (QED) is 0.147. The van der Waals surface area contributed by atoms with Crippen LogP contribution in [0, 0.1) is 0 Å². The van der Waals surface area contributed by atoms with Crippen LogP contribution in [-0.4, -0.2) is 0 Å². The summed E-state index contributed by atoms with van der Waals surface area (Å²) in [6.45, 7) is 0. The van der Waals surface area contributed by atoms with Gasteiger partial charge in [0.2, 0.25) is 0 Å². The lowest BCUT2D eigenvalue weighted by molar-refractivity contribution is 1.60. The summed E-state index contributed by atoms with van der Waals surface area (Å²) in [4.78, 5) is 0. The molecule has 0 bridgehead atoms. The van der Waals surface area contributed by atoms with Crippen LogP contribution in [0.5, 0.6) is 0 Å². The number of fused-ring (bicyclic) bond motifs is 6. The van der Waals surface area contributed by atoms with E-state index in [1.54, 1.807) is 0 Å². The van der Waals surface area contributed by atoms with Crippen LogP contribution >= 0.6 is 0 Å². The average molecular weight is 785 g/mol. The van der Waals surface area contributed by atoms with Gasteiger partial charge in [-0.05, 0) is 157 Å². The highest BCUT2D eigenvalue weighted by atomic mass is 14.2. The average Bonchev–Trinajstić information content (AvgIpc) is 3.35. The summed E-state index contributed by atoms with van der Waals surface area (Å²) < 4.78 is 0. The van der Waals surface area contributed by atoms with Crippen molar-refractivity contribution in [3.63, 3.8) is 0 Å². The molecule has 0 heterocycles. The van der Waals surface area contributed by atoms with Crippen molar-refractivity contribution in [2.75, 3.05) is 0 Å². The van der Waals surface area contributed by atoms with Crippen LogP contribution in [0.2, 0.25) is 0 Å². The molecule has 0 aliphatic rings. The van der Waals surface area contributed by atoms with E-state index in [4.69, 9.17) is 0 Å². The van der Waals surface area contributed by atoms with Crippen molar-refractivity contribution in [1.82, 2.24) is 0 Å². The van der Waals surface area contributed by atoms with Gasteiger partial charge in [0.05, 0.1) is 0 Å². The molecule has 0 aliphatic carbocycles. The molecule has 0 atom stereocenters. The standard InChI is InChI=1S/C62H40/c1-3-13-41(14-4-1)44-23-25-45(26-24-44)51-31-33-55-56-34-32-52(58-38-50-22-12-11-21-49(50)37-57(58)46-17-5-2-6-18-46)40-60(56)62(54-30-28-43-16-8-10-20-48(43)36-54)61(59(55)39-51)53-29-27-42-15-7-9-19-47(42)35-53/h1-40H. The highest BCUT2D eigenvalue weighted by Gasteiger charge is 2.21. The van der Waals surface area contributed by atoms with E-state index in [2.05, 4.69) is 243 Å². The maximum absolute atomic E-state index is 2.47. The van der Waals surface area contributed by atoms with E-state index < -0.39 is 0 Å². The first kappa shape index (κ1) is 35.8. The van der Waals surface area contributed by atoms with E-state index in [1.165, 1.54) is 121 Å². The Kier molecular flexibility index (Phi) is 8.61. The number of benzene rings is 12. The molecule has 0 aliphatic heterocycles. The Morgan fingerprint density at radius 1 is 0.161 bits per heavy atom. The van der Waals surface area contributed by atoms with Gasteiger partial charge < -0.3 is 0 Å². The molecule has 12 aromatic carbocycles. The van der Waals surface area contributed by atoms with Crippen molar-refractivity contribution in [2.45, 2.75) is 0 Å². The van der Waals surface area contributed by atoms with Crippen LogP contribution in [0.25, 0.3) is 121 Å². The van der Waals surface area contributed by atoms with E-state index in [1.807, 2.05) is 0 Å². The third-order valence-electron chi connectivity index (χ3n) is 12.8. The number of rotatable bonds is 6. The first-order valence-electron chi connectivity index (χ1n) is 21.5. The van der Waals surface area contributed by atoms with Crippen LogP contribution in [0.3, 0.4) is 0 Å². The van der Waals surface area contributed by atoms with Gasteiger partial charge in [0, 0.05) is 0 Å². The van der Waals surface area contributed by atoms with Crippen LogP contribution in [0.4, 0.5) is 0 Å². The zero-order valence-corrected chi connectivity index (χ0v) is 34.1. The summed E-state index contributed by atoms with van der Waals surface area (Å²) >= 11 is 0. The molecule has 0 fully saturated rings. The molecule has 12 rings (SSSR count). The van der Waals surface area contributed by atoms with Gasteiger partial charge in [-0.3, -0.25) is 0 Å². The Hall–Kier alpha value is -8.06. The molecule has 0 saturated carbocycles. The molecule has 62 heavy (non-hydrogen) atoms. The second-order valence-electron chi connectivity index (χ2n) is 16.4. The Morgan fingerprint density at radius 3 is 1.02 bits per heavy atom. The second-order valence-corrected chi connectivity index (χ2v) is 16.4. The lowest BCUT2D eigenvalue weighted by Gasteiger charge is -2.21. The van der Waals surface area contributed by atoms with Crippen LogP contribution < -0.4 is 0 Å². The van der Waals surface area contributed by atoms with Crippen molar-refractivity contribution in [3.05, 3.63) is 243 Å². The lowest BCUT2D eigenvalue weighted by atomic mass is 9.82. The fourth-order valence-corrected chi connectivity index (χ4v) is 9.70. The van der Waals surface area contributed by atoms with E-state index in [9.17, 15) is 0 Å². The summed E-state index contributed by atoms with van der Waals surface area (Å²) in [5.74, 6) is 0. The van der Waals surface area contributed by atoms with Crippen LogP contribution in [-0.2, 0) is 0 Å². The van der Waals surface area contributed by atoms with Crippen molar-refractivity contribution in [1.29, 1.82) is 0 Å². The van der Waals surface area contributed by atoms with E-state index in [0.717, 1.165) is 0 Å². The topological polar surface area (TPSA) is 0 Å². The smallest absolute Gasteiger partial charge is 0.00199 e. The van der Waals surface area contributed by atoms with E-state index in [0.29, 0.717) is 0 Å². The molecular formula is C62H40. The highest BCUT2D eigenvalue weighted by Crippen LogP contribution is 2.48. The molecule has 0 amide bonds. The molecule has 0 aromatic heterocycles. The van der Waals surface area contributed by atoms with Gasteiger partial charge in [-0.15, -0.1) is 0 Å². The van der Waals surface area contributed by atoms with Crippen LogP contribution in [0.15, 0.2) is 243 Å². The Balaban J connectivity index is 1.18. The molecule has 0 nitrogen and oxygen atoms in total. The molecule has 288 valence electrons. The maximum atomic E-state index is 2.47. The summed E-state index contributed by atoms with van der Waals surface area (Å²) in [5.41, 5.74) is 14.6. The van der Waals surface area contributed by atoms with Gasteiger partial charge in [-0.2, -0.15) is 0 Å².